The van der Waals surface area contributed by atoms with Gasteiger partial charge in [0.25, 0.3) is 0 Å². The van der Waals surface area contributed by atoms with E-state index in [1.54, 1.807) is 13.8 Å². The zero-order valence-corrected chi connectivity index (χ0v) is 17.5. The minimum atomic E-state index is -0.990. The highest BCUT2D eigenvalue weighted by atomic mass is 16.7. The molecule has 1 amide bonds. The van der Waals surface area contributed by atoms with E-state index >= 15 is 0 Å². The molecule has 0 fully saturated rings. The second-order valence-electron chi connectivity index (χ2n) is 7.60. The number of carboxylic acid groups (broad SMARTS) is 1. The fraction of sp³-hybridized carbons (Fsp3) is 0.850. The van der Waals surface area contributed by atoms with E-state index in [0.717, 1.165) is 19.3 Å². The van der Waals surface area contributed by atoms with E-state index in [-0.39, 0.29) is 24.8 Å². The monoisotopic (exact) mass is 387 g/mol. The van der Waals surface area contributed by atoms with Crippen LogP contribution in [0.1, 0.15) is 79.6 Å². The van der Waals surface area contributed by atoms with Gasteiger partial charge in [-0.15, -0.1) is 0 Å². The highest BCUT2D eigenvalue weighted by Crippen LogP contribution is 2.21. The highest BCUT2D eigenvalue weighted by Gasteiger charge is 2.20. The van der Waals surface area contributed by atoms with Crippen molar-refractivity contribution < 1.29 is 29.0 Å². The van der Waals surface area contributed by atoms with E-state index in [4.69, 9.17) is 14.6 Å². The Morgan fingerprint density at radius 2 is 1.67 bits per heavy atom. The number of nitrogens with one attached hydrogen (secondary N) is 1. The Labute approximate surface area is 163 Å². The number of ether oxygens (including phenoxy) is 2. The zero-order valence-electron chi connectivity index (χ0n) is 17.5. The first-order chi connectivity index (χ1) is 12.6. The fourth-order valence-corrected chi connectivity index (χ4v) is 2.84. The van der Waals surface area contributed by atoms with Crippen molar-refractivity contribution in [3.8, 4) is 0 Å². The van der Waals surface area contributed by atoms with Crippen LogP contribution in [-0.4, -0.2) is 36.0 Å². The van der Waals surface area contributed by atoms with Gasteiger partial charge in [0.2, 0.25) is 6.29 Å². The molecule has 0 radical (unpaired) electrons. The molecular formula is C20H37NO6. The lowest BCUT2D eigenvalue weighted by Gasteiger charge is -2.21. The lowest BCUT2D eigenvalue weighted by atomic mass is 9.89. The molecule has 0 bridgehead atoms. The summed E-state index contributed by atoms with van der Waals surface area (Å²) in [5.74, 6) is -1.40. The van der Waals surface area contributed by atoms with Crippen LogP contribution < -0.4 is 5.32 Å². The number of rotatable bonds is 14. The number of amides is 1. The summed E-state index contributed by atoms with van der Waals surface area (Å²) >= 11 is 0. The van der Waals surface area contributed by atoms with Crippen LogP contribution in [0.2, 0.25) is 0 Å². The van der Waals surface area contributed by atoms with Crippen LogP contribution in [0.4, 0.5) is 4.79 Å². The summed E-state index contributed by atoms with van der Waals surface area (Å²) in [4.78, 5) is 34.4. The van der Waals surface area contributed by atoms with Gasteiger partial charge in [-0.3, -0.25) is 9.59 Å². The van der Waals surface area contributed by atoms with Gasteiger partial charge in [0.15, 0.2) is 0 Å². The minimum Gasteiger partial charge on any atom is -0.481 e. The van der Waals surface area contributed by atoms with Crippen molar-refractivity contribution in [3.05, 3.63) is 0 Å². The van der Waals surface area contributed by atoms with E-state index in [2.05, 4.69) is 19.2 Å². The molecule has 0 saturated carbocycles. The molecule has 0 aliphatic carbocycles. The van der Waals surface area contributed by atoms with Gasteiger partial charge in [-0.05, 0) is 18.3 Å². The molecule has 27 heavy (non-hydrogen) atoms. The molecular weight excluding hydrogens is 350 g/mol. The molecule has 7 heteroatoms. The first-order valence-electron chi connectivity index (χ1n) is 10.0. The number of hydrogen-bond acceptors (Lipinski definition) is 5. The molecule has 0 rings (SSSR count). The van der Waals surface area contributed by atoms with E-state index in [9.17, 15) is 14.4 Å². The lowest BCUT2D eigenvalue weighted by Crippen LogP contribution is -2.35. The van der Waals surface area contributed by atoms with Gasteiger partial charge in [-0.25, -0.2) is 4.79 Å². The molecule has 0 aromatic carbocycles. The predicted molar refractivity (Wildman–Crippen MR) is 103 cm³/mol. The molecule has 0 saturated heterocycles. The van der Waals surface area contributed by atoms with Gasteiger partial charge in [-0.1, -0.05) is 59.8 Å². The molecule has 158 valence electrons. The first-order valence-corrected chi connectivity index (χ1v) is 10.0. The Morgan fingerprint density at radius 1 is 1.00 bits per heavy atom. The molecule has 0 aromatic rings. The number of carboxylic acids is 1. The van der Waals surface area contributed by atoms with Gasteiger partial charge in [0.1, 0.15) is 0 Å². The maximum absolute atomic E-state index is 11.9. The van der Waals surface area contributed by atoms with Crippen molar-refractivity contribution >= 4 is 18.0 Å². The summed E-state index contributed by atoms with van der Waals surface area (Å²) in [6.07, 6.45) is 4.83. The van der Waals surface area contributed by atoms with Gasteiger partial charge < -0.3 is 19.9 Å². The summed E-state index contributed by atoms with van der Waals surface area (Å²) in [6.45, 7) is 9.35. The van der Waals surface area contributed by atoms with E-state index in [0.29, 0.717) is 5.92 Å². The summed E-state index contributed by atoms with van der Waals surface area (Å²) < 4.78 is 9.95. The lowest BCUT2D eigenvalue weighted by molar-refractivity contribution is -0.168. The Bertz CT molecular complexity index is 452. The third-order valence-corrected chi connectivity index (χ3v) is 4.31. The SMILES string of the molecule is CCCCCC[C@@H](C)C[C@H](CNC(=O)O[C@@H](C)OC(=O)C(C)C)CC(=O)O. The zero-order chi connectivity index (χ0) is 20.8. The average molecular weight is 388 g/mol. The van der Waals surface area contributed by atoms with Crippen molar-refractivity contribution in [2.45, 2.75) is 85.9 Å². The van der Waals surface area contributed by atoms with Gasteiger partial charge in [0, 0.05) is 19.9 Å². The van der Waals surface area contributed by atoms with E-state index < -0.39 is 24.3 Å². The van der Waals surface area contributed by atoms with Crippen LogP contribution in [0.5, 0.6) is 0 Å². The molecule has 0 aliphatic rings. The highest BCUT2D eigenvalue weighted by molar-refractivity contribution is 5.72. The van der Waals surface area contributed by atoms with Gasteiger partial charge in [-0.2, -0.15) is 0 Å². The van der Waals surface area contributed by atoms with Crippen molar-refractivity contribution in [2.24, 2.45) is 17.8 Å². The smallest absolute Gasteiger partial charge is 0.410 e. The van der Waals surface area contributed by atoms with E-state index in [1.807, 2.05) is 0 Å². The van der Waals surface area contributed by atoms with Crippen molar-refractivity contribution in [1.82, 2.24) is 5.32 Å². The Hall–Kier alpha value is -1.79. The molecule has 0 aliphatic heterocycles. The molecule has 0 spiro atoms. The standard InChI is InChI=1S/C20H37NO6/c1-6-7-8-9-10-15(4)11-17(12-18(22)23)13-21-20(25)27-16(5)26-19(24)14(2)3/h14-17H,6-13H2,1-5H3,(H,21,25)(H,22,23)/t15-,16+,17+/m1/s1. The second kappa shape index (κ2) is 14.3. The summed E-state index contributed by atoms with van der Waals surface area (Å²) in [5, 5.41) is 11.7. The Balaban J connectivity index is 4.33. The first kappa shape index (κ1) is 25.2. The van der Waals surface area contributed by atoms with Gasteiger partial charge >= 0.3 is 18.0 Å². The number of hydrogen-bond donors (Lipinski definition) is 2. The third kappa shape index (κ3) is 14.0. The normalized spacial score (nSPS) is 14.3. The number of carbonyl (C=O) groups is 3. The summed E-state index contributed by atoms with van der Waals surface area (Å²) in [7, 11) is 0. The van der Waals surface area contributed by atoms with Crippen LogP contribution in [0, 0.1) is 17.8 Å². The number of carbonyl (C=O) groups excluding carboxylic acids is 2. The molecule has 3 atom stereocenters. The molecule has 0 unspecified atom stereocenters. The minimum absolute atomic E-state index is 0.00251. The van der Waals surface area contributed by atoms with Crippen molar-refractivity contribution in [1.29, 1.82) is 0 Å². The summed E-state index contributed by atoms with van der Waals surface area (Å²) in [6, 6.07) is 0. The van der Waals surface area contributed by atoms with Crippen molar-refractivity contribution in [3.63, 3.8) is 0 Å². The number of esters is 1. The van der Waals surface area contributed by atoms with Crippen LogP contribution in [-0.2, 0) is 19.1 Å². The molecule has 0 aromatic heterocycles. The fourth-order valence-electron chi connectivity index (χ4n) is 2.84. The third-order valence-electron chi connectivity index (χ3n) is 4.31. The quantitative estimate of drug-likeness (QED) is 0.261. The Kier molecular flexibility index (Phi) is 13.3. The van der Waals surface area contributed by atoms with E-state index in [1.165, 1.54) is 26.2 Å². The summed E-state index contributed by atoms with van der Waals surface area (Å²) in [5.41, 5.74) is 0. The number of unbranched alkanes of at least 4 members (excludes halogenated alkanes) is 3. The van der Waals surface area contributed by atoms with Crippen LogP contribution in [0.3, 0.4) is 0 Å². The second-order valence-corrected chi connectivity index (χ2v) is 7.60. The van der Waals surface area contributed by atoms with Crippen molar-refractivity contribution in [2.75, 3.05) is 6.54 Å². The largest absolute Gasteiger partial charge is 0.481 e. The maximum atomic E-state index is 11.9. The number of alkyl carbamates (subject to hydrolysis) is 1. The predicted octanol–water partition coefficient (Wildman–Crippen LogP) is 4.35. The topological polar surface area (TPSA) is 102 Å². The molecule has 2 N–H and O–H groups in total. The maximum Gasteiger partial charge on any atom is 0.410 e. The average Bonchev–Trinajstić information content (AvgIpc) is 2.55. The molecule has 7 nitrogen and oxygen atoms in total. The van der Waals surface area contributed by atoms with Crippen LogP contribution in [0.15, 0.2) is 0 Å². The van der Waals surface area contributed by atoms with Crippen LogP contribution in [0.25, 0.3) is 0 Å². The van der Waals surface area contributed by atoms with Gasteiger partial charge in [0.05, 0.1) is 5.92 Å². The number of aliphatic carboxylic acids is 1. The van der Waals surface area contributed by atoms with Crippen LogP contribution >= 0.6 is 0 Å². The Morgan fingerprint density at radius 3 is 2.22 bits per heavy atom. The molecule has 0 heterocycles.